The third-order valence-corrected chi connectivity index (χ3v) is 2.85. The Morgan fingerprint density at radius 1 is 1.45 bits per heavy atom. The molecule has 0 unspecified atom stereocenters. The number of halogens is 1. The highest BCUT2D eigenvalue weighted by Gasteiger charge is 2.15. The van der Waals surface area contributed by atoms with Crippen LogP contribution in [0.25, 0.3) is 0 Å². The minimum absolute atomic E-state index is 0.0552. The van der Waals surface area contributed by atoms with E-state index in [-0.39, 0.29) is 25.3 Å². The molecule has 0 saturated carbocycles. The fourth-order valence-electron chi connectivity index (χ4n) is 1.84. The molecule has 0 aliphatic rings. The second-order valence-electron chi connectivity index (χ2n) is 4.45. The van der Waals surface area contributed by atoms with Gasteiger partial charge in [0.15, 0.2) is 5.82 Å². The van der Waals surface area contributed by atoms with E-state index in [1.165, 1.54) is 6.07 Å². The number of carboxylic acid groups (broad SMARTS) is 1. The molecule has 1 N–H and O–H groups in total. The first kappa shape index (κ1) is 14.0. The molecular formula is C14H15FN2O3. The lowest BCUT2D eigenvalue weighted by Gasteiger charge is -2.21. The van der Waals surface area contributed by atoms with Gasteiger partial charge in [-0.25, -0.2) is 4.39 Å². The maximum absolute atomic E-state index is 13.7. The maximum Gasteiger partial charge on any atom is 0.305 e. The molecule has 1 aromatic carbocycles. The summed E-state index contributed by atoms with van der Waals surface area (Å²) in [6.45, 7) is 2.22. The molecule has 0 bridgehead atoms. The first-order chi connectivity index (χ1) is 9.56. The summed E-state index contributed by atoms with van der Waals surface area (Å²) in [5.74, 6) is -0.113. The second kappa shape index (κ2) is 6.18. The van der Waals surface area contributed by atoms with E-state index >= 15 is 0 Å². The molecule has 0 saturated heterocycles. The number of hydrogen-bond acceptors (Lipinski definition) is 4. The van der Waals surface area contributed by atoms with E-state index in [1.54, 1.807) is 36.1 Å². The van der Waals surface area contributed by atoms with Crippen molar-refractivity contribution in [2.24, 2.45) is 0 Å². The SMILES string of the molecule is Cc1cc(N(CCC(=O)O)Cc2ccccc2F)no1. The van der Waals surface area contributed by atoms with Gasteiger partial charge in [0.2, 0.25) is 0 Å². The summed E-state index contributed by atoms with van der Waals surface area (Å²) >= 11 is 0. The summed E-state index contributed by atoms with van der Waals surface area (Å²) in [5, 5.41) is 12.6. The van der Waals surface area contributed by atoms with E-state index in [4.69, 9.17) is 9.63 Å². The molecule has 106 valence electrons. The van der Waals surface area contributed by atoms with Gasteiger partial charge in [-0.15, -0.1) is 0 Å². The van der Waals surface area contributed by atoms with Gasteiger partial charge >= 0.3 is 5.97 Å². The Labute approximate surface area is 115 Å². The molecule has 0 spiro atoms. The van der Waals surface area contributed by atoms with Crippen LogP contribution in [0.5, 0.6) is 0 Å². The predicted molar refractivity (Wildman–Crippen MR) is 70.9 cm³/mol. The molecule has 20 heavy (non-hydrogen) atoms. The van der Waals surface area contributed by atoms with Crippen molar-refractivity contribution in [3.63, 3.8) is 0 Å². The highest BCUT2D eigenvalue weighted by molar-refractivity contribution is 5.67. The molecule has 1 aromatic heterocycles. The minimum Gasteiger partial charge on any atom is -0.481 e. The van der Waals surface area contributed by atoms with Crippen LogP contribution in [0.1, 0.15) is 17.7 Å². The quantitative estimate of drug-likeness (QED) is 0.879. The molecule has 0 fully saturated rings. The van der Waals surface area contributed by atoms with Crippen molar-refractivity contribution in [2.45, 2.75) is 19.9 Å². The number of aromatic nitrogens is 1. The zero-order valence-corrected chi connectivity index (χ0v) is 11.0. The fraction of sp³-hybridized carbons (Fsp3) is 0.286. The van der Waals surface area contributed by atoms with Gasteiger partial charge in [0.1, 0.15) is 11.6 Å². The van der Waals surface area contributed by atoms with Crippen molar-refractivity contribution in [3.8, 4) is 0 Å². The maximum atomic E-state index is 13.7. The zero-order chi connectivity index (χ0) is 14.5. The summed E-state index contributed by atoms with van der Waals surface area (Å²) in [7, 11) is 0. The van der Waals surface area contributed by atoms with Crippen LogP contribution in [0, 0.1) is 12.7 Å². The van der Waals surface area contributed by atoms with Crippen LogP contribution < -0.4 is 4.90 Å². The highest BCUT2D eigenvalue weighted by atomic mass is 19.1. The average molecular weight is 278 g/mol. The lowest BCUT2D eigenvalue weighted by molar-refractivity contribution is -0.136. The van der Waals surface area contributed by atoms with Gasteiger partial charge in [-0.3, -0.25) is 4.79 Å². The van der Waals surface area contributed by atoms with E-state index in [0.717, 1.165) is 0 Å². The summed E-state index contributed by atoms with van der Waals surface area (Å²) in [4.78, 5) is 12.4. The van der Waals surface area contributed by atoms with Crippen molar-refractivity contribution in [3.05, 3.63) is 47.5 Å². The summed E-state index contributed by atoms with van der Waals surface area (Å²) in [5.41, 5.74) is 0.485. The molecule has 5 nitrogen and oxygen atoms in total. The van der Waals surface area contributed by atoms with Crippen molar-refractivity contribution >= 4 is 11.8 Å². The summed E-state index contributed by atoms with van der Waals surface area (Å²) in [6, 6.07) is 8.08. The number of carboxylic acids is 1. The van der Waals surface area contributed by atoms with Gasteiger partial charge in [-0.05, 0) is 13.0 Å². The monoisotopic (exact) mass is 278 g/mol. The van der Waals surface area contributed by atoms with Gasteiger partial charge in [-0.1, -0.05) is 23.4 Å². The van der Waals surface area contributed by atoms with Crippen LogP contribution in [-0.2, 0) is 11.3 Å². The largest absolute Gasteiger partial charge is 0.481 e. The van der Waals surface area contributed by atoms with E-state index in [0.29, 0.717) is 17.1 Å². The molecule has 2 rings (SSSR count). The average Bonchev–Trinajstić information content (AvgIpc) is 2.83. The van der Waals surface area contributed by atoms with Crippen molar-refractivity contribution in [1.82, 2.24) is 5.16 Å². The Balaban J connectivity index is 2.18. The number of aliphatic carboxylic acids is 1. The van der Waals surface area contributed by atoms with Gasteiger partial charge in [0.05, 0.1) is 6.42 Å². The van der Waals surface area contributed by atoms with Crippen LogP contribution in [0.15, 0.2) is 34.9 Å². The Morgan fingerprint density at radius 3 is 2.80 bits per heavy atom. The van der Waals surface area contributed by atoms with E-state index < -0.39 is 5.97 Å². The number of carbonyl (C=O) groups is 1. The lowest BCUT2D eigenvalue weighted by Crippen LogP contribution is -2.26. The normalized spacial score (nSPS) is 10.5. The fourth-order valence-corrected chi connectivity index (χ4v) is 1.84. The highest BCUT2D eigenvalue weighted by Crippen LogP contribution is 2.18. The Bertz CT molecular complexity index is 598. The number of anilines is 1. The number of hydrogen-bond donors (Lipinski definition) is 1. The Morgan fingerprint density at radius 2 is 2.20 bits per heavy atom. The van der Waals surface area contributed by atoms with E-state index in [1.807, 2.05) is 0 Å². The van der Waals surface area contributed by atoms with Gasteiger partial charge in [-0.2, -0.15) is 0 Å². The molecule has 0 aliphatic heterocycles. The predicted octanol–water partition coefficient (Wildman–Crippen LogP) is 2.60. The number of aryl methyl sites for hydroxylation is 1. The van der Waals surface area contributed by atoms with Crippen molar-refractivity contribution in [2.75, 3.05) is 11.4 Å². The second-order valence-corrected chi connectivity index (χ2v) is 4.45. The van der Waals surface area contributed by atoms with E-state index in [9.17, 15) is 9.18 Å². The molecule has 0 aliphatic carbocycles. The zero-order valence-electron chi connectivity index (χ0n) is 11.0. The standard InChI is InChI=1S/C14H15FN2O3/c1-10-8-13(16-20-10)17(7-6-14(18)19)9-11-4-2-3-5-12(11)15/h2-5,8H,6-7,9H2,1H3,(H,18,19). The first-order valence-corrected chi connectivity index (χ1v) is 6.19. The smallest absolute Gasteiger partial charge is 0.305 e. The molecule has 0 atom stereocenters. The van der Waals surface area contributed by atoms with Gasteiger partial charge in [0, 0.05) is 24.7 Å². The molecular weight excluding hydrogens is 263 g/mol. The van der Waals surface area contributed by atoms with Crippen LogP contribution in [0.2, 0.25) is 0 Å². The van der Waals surface area contributed by atoms with Crippen LogP contribution in [-0.4, -0.2) is 22.8 Å². The molecule has 2 aromatic rings. The Hall–Kier alpha value is -2.37. The third kappa shape index (κ3) is 3.57. The van der Waals surface area contributed by atoms with Gasteiger partial charge in [0.25, 0.3) is 0 Å². The summed E-state index contributed by atoms with van der Waals surface area (Å²) < 4.78 is 18.7. The lowest BCUT2D eigenvalue weighted by atomic mass is 10.2. The van der Waals surface area contributed by atoms with Crippen LogP contribution >= 0.6 is 0 Å². The topological polar surface area (TPSA) is 66.6 Å². The van der Waals surface area contributed by atoms with Crippen LogP contribution in [0.4, 0.5) is 10.2 Å². The minimum atomic E-state index is -0.913. The number of nitrogens with zero attached hydrogens (tertiary/aromatic N) is 2. The molecule has 0 amide bonds. The number of rotatable bonds is 6. The van der Waals surface area contributed by atoms with Crippen LogP contribution in [0.3, 0.4) is 0 Å². The van der Waals surface area contributed by atoms with Crippen molar-refractivity contribution in [1.29, 1.82) is 0 Å². The number of benzene rings is 1. The first-order valence-electron chi connectivity index (χ1n) is 6.19. The molecule has 1 heterocycles. The van der Waals surface area contributed by atoms with Gasteiger partial charge < -0.3 is 14.5 Å². The van der Waals surface area contributed by atoms with Crippen molar-refractivity contribution < 1.29 is 18.8 Å². The summed E-state index contributed by atoms with van der Waals surface area (Å²) in [6.07, 6.45) is -0.0552. The van der Waals surface area contributed by atoms with E-state index in [2.05, 4.69) is 5.16 Å². The Kier molecular flexibility index (Phi) is 4.34. The molecule has 6 heteroatoms. The molecule has 0 radical (unpaired) electrons. The third-order valence-electron chi connectivity index (χ3n) is 2.85.